The fourth-order valence-corrected chi connectivity index (χ4v) is 6.01. The van der Waals surface area contributed by atoms with Crippen LogP contribution in [0.1, 0.15) is 194 Å². The van der Waals surface area contributed by atoms with Gasteiger partial charge in [0.1, 0.15) is 6.17 Å². The summed E-state index contributed by atoms with van der Waals surface area (Å²) in [5.41, 5.74) is 0. The van der Waals surface area contributed by atoms with Crippen LogP contribution in [-0.4, -0.2) is 29.1 Å². The van der Waals surface area contributed by atoms with Crippen molar-refractivity contribution in [3.05, 3.63) is 12.4 Å². The highest BCUT2D eigenvalue weighted by Gasteiger charge is 2.24. The molecule has 0 aliphatic carbocycles. The second-order valence-corrected chi connectivity index (χ2v) is 12.2. The van der Waals surface area contributed by atoms with Gasteiger partial charge in [-0.1, -0.05) is 168 Å². The lowest BCUT2D eigenvalue weighted by Crippen LogP contribution is -2.39. The highest BCUT2D eigenvalue weighted by Crippen LogP contribution is 2.23. The zero-order valence-electron chi connectivity index (χ0n) is 26.1. The SMILES string of the molecule is CCCCCCCCCCCCCCCCCN1C=CN(CCCCCCCCC)C1CCCCCC. The molecule has 1 rings (SSSR count). The van der Waals surface area contributed by atoms with Crippen molar-refractivity contribution in [1.82, 2.24) is 9.80 Å². The number of nitrogens with zero attached hydrogens (tertiary/aromatic N) is 2. The summed E-state index contributed by atoms with van der Waals surface area (Å²) in [5, 5.41) is 0. The number of hydrogen-bond acceptors (Lipinski definition) is 2. The maximum atomic E-state index is 2.69. The van der Waals surface area contributed by atoms with Crippen LogP contribution in [0.4, 0.5) is 0 Å². The molecule has 0 saturated heterocycles. The average Bonchev–Trinajstić information content (AvgIpc) is 3.29. The molecule has 220 valence electrons. The van der Waals surface area contributed by atoms with E-state index in [1.54, 1.807) is 0 Å². The summed E-state index contributed by atoms with van der Waals surface area (Å²) in [4.78, 5) is 5.37. The third-order valence-corrected chi connectivity index (χ3v) is 8.57. The maximum absolute atomic E-state index is 2.69. The molecule has 0 amide bonds. The Morgan fingerprint density at radius 3 is 0.946 bits per heavy atom. The lowest BCUT2D eigenvalue weighted by atomic mass is 10.0. The normalized spacial score (nSPS) is 15.4. The van der Waals surface area contributed by atoms with Crippen LogP contribution in [0.15, 0.2) is 12.4 Å². The predicted molar refractivity (Wildman–Crippen MR) is 168 cm³/mol. The van der Waals surface area contributed by atoms with Crippen LogP contribution in [0, 0.1) is 0 Å². The minimum absolute atomic E-state index is 0.642. The summed E-state index contributed by atoms with van der Waals surface area (Å²) in [6, 6.07) is 0. The Balaban J connectivity index is 2.09. The fraction of sp³-hybridized carbons (Fsp3) is 0.943. The Bertz CT molecular complexity index is 474. The fourth-order valence-electron chi connectivity index (χ4n) is 6.01. The van der Waals surface area contributed by atoms with E-state index < -0.39 is 0 Å². The van der Waals surface area contributed by atoms with Crippen molar-refractivity contribution >= 4 is 0 Å². The molecule has 37 heavy (non-hydrogen) atoms. The van der Waals surface area contributed by atoms with Crippen molar-refractivity contribution in [3.8, 4) is 0 Å². The zero-order valence-corrected chi connectivity index (χ0v) is 26.1. The van der Waals surface area contributed by atoms with Crippen molar-refractivity contribution in [2.75, 3.05) is 13.1 Å². The smallest absolute Gasteiger partial charge is 0.101 e. The van der Waals surface area contributed by atoms with Gasteiger partial charge >= 0.3 is 0 Å². The molecule has 0 aromatic carbocycles. The molecule has 1 unspecified atom stereocenters. The molecule has 0 bridgehead atoms. The van der Waals surface area contributed by atoms with Gasteiger partial charge in [0.15, 0.2) is 0 Å². The first-order valence-corrected chi connectivity index (χ1v) is 17.5. The van der Waals surface area contributed by atoms with Crippen molar-refractivity contribution in [2.45, 2.75) is 200 Å². The molecule has 0 aromatic heterocycles. The van der Waals surface area contributed by atoms with Crippen molar-refractivity contribution < 1.29 is 0 Å². The summed E-state index contributed by atoms with van der Waals surface area (Å²) in [7, 11) is 0. The first kappa shape index (κ1) is 34.4. The Hall–Kier alpha value is -0.660. The van der Waals surface area contributed by atoms with Gasteiger partial charge in [0.2, 0.25) is 0 Å². The summed E-state index contributed by atoms with van der Waals surface area (Å²) >= 11 is 0. The van der Waals surface area contributed by atoms with Gasteiger partial charge in [-0.05, 0) is 25.7 Å². The van der Waals surface area contributed by atoms with Gasteiger partial charge in [-0.3, -0.25) is 0 Å². The molecule has 2 heteroatoms. The molecule has 1 atom stereocenters. The van der Waals surface area contributed by atoms with Crippen LogP contribution in [0.25, 0.3) is 0 Å². The minimum atomic E-state index is 0.642. The van der Waals surface area contributed by atoms with E-state index in [0.717, 1.165) is 0 Å². The molecular weight excluding hydrogens is 448 g/mol. The second-order valence-electron chi connectivity index (χ2n) is 12.2. The van der Waals surface area contributed by atoms with Crippen molar-refractivity contribution in [3.63, 3.8) is 0 Å². The molecule has 1 aliphatic rings. The molecule has 0 radical (unpaired) electrons. The molecule has 0 fully saturated rings. The molecule has 0 saturated carbocycles. The summed E-state index contributed by atoms with van der Waals surface area (Å²) in [5.74, 6) is 0. The van der Waals surface area contributed by atoms with Crippen LogP contribution in [0.5, 0.6) is 0 Å². The van der Waals surface area contributed by atoms with Crippen LogP contribution in [0.3, 0.4) is 0 Å². The van der Waals surface area contributed by atoms with Gasteiger partial charge in [-0.15, -0.1) is 0 Å². The van der Waals surface area contributed by atoms with Gasteiger partial charge in [0, 0.05) is 25.5 Å². The van der Waals surface area contributed by atoms with E-state index in [9.17, 15) is 0 Å². The maximum Gasteiger partial charge on any atom is 0.101 e. The molecule has 2 nitrogen and oxygen atoms in total. The highest BCUT2D eigenvalue weighted by molar-refractivity contribution is 4.97. The van der Waals surface area contributed by atoms with Crippen LogP contribution in [-0.2, 0) is 0 Å². The number of unbranched alkanes of at least 4 members (excludes halogenated alkanes) is 23. The van der Waals surface area contributed by atoms with Gasteiger partial charge in [-0.2, -0.15) is 0 Å². The predicted octanol–water partition coefficient (Wildman–Crippen LogP) is 12.0. The van der Waals surface area contributed by atoms with E-state index in [2.05, 4.69) is 43.0 Å². The molecule has 0 N–H and O–H groups in total. The number of hydrogen-bond donors (Lipinski definition) is 0. The van der Waals surface area contributed by atoms with Gasteiger partial charge in [0.05, 0.1) is 0 Å². The van der Waals surface area contributed by atoms with Gasteiger partial charge < -0.3 is 9.80 Å². The van der Waals surface area contributed by atoms with E-state index in [1.807, 2.05) is 0 Å². The molecule has 1 heterocycles. The lowest BCUT2D eigenvalue weighted by molar-refractivity contribution is 0.135. The Labute approximate surface area is 235 Å². The summed E-state index contributed by atoms with van der Waals surface area (Å²) < 4.78 is 0. The van der Waals surface area contributed by atoms with E-state index in [-0.39, 0.29) is 0 Å². The Morgan fingerprint density at radius 1 is 0.351 bits per heavy atom. The minimum Gasteiger partial charge on any atom is -0.356 e. The number of rotatable bonds is 29. The monoisotopic (exact) mass is 519 g/mol. The second kappa shape index (κ2) is 26.9. The van der Waals surface area contributed by atoms with Crippen LogP contribution < -0.4 is 0 Å². The third-order valence-electron chi connectivity index (χ3n) is 8.57. The zero-order chi connectivity index (χ0) is 26.7. The lowest BCUT2D eigenvalue weighted by Gasteiger charge is -2.33. The quantitative estimate of drug-likeness (QED) is 0.0908. The first-order chi connectivity index (χ1) is 18.3. The molecule has 0 aromatic rings. The Morgan fingerprint density at radius 2 is 0.622 bits per heavy atom. The first-order valence-electron chi connectivity index (χ1n) is 17.5. The van der Waals surface area contributed by atoms with E-state index in [0.29, 0.717) is 6.17 Å². The van der Waals surface area contributed by atoms with E-state index >= 15 is 0 Å². The van der Waals surface area contributed by atoms with Gasteiger partial charge in [0.25, 0.3) is 0 Å². The van der Waals surface area contributed by atoms with Crippen LogP contribution >= 0.6 is 0 Å². The molecule has 0 spiro atoms. The van der Waals surface area contributed by atoms with E-state index in [1.165, 1.54) is 186 Å². The summed E-state index contributed by atoms with van der Waals surface area (Å²) in [6.45, 7) is 9.47. The standard InChI is InChI=1S/C35H70N2/c1-4-7-10-13-15-16-17-18-19-20-21-22-24-26-29-32-37-34-33-36(35(37)30-27-12-9-6-3)31-28-25-23-14-11-8-5-2/h33-35H,4-32H2,1-3H3. The highest BCUT2D eigenvalue weighted by atomic mass is 15.4. The molecule has 1 aliphatic heterocycles. The topological polar surface area (TPSA) is 6.48 Å². The van der Waals surface area contributed by atoms with Gasteiger partial charge in [-0.25, -0.2) is 0 Å². The average molecular weight is 519 g/mol. The van der Waals surface area contributed by atoms with Crippen molar-refractivity contribution in [2.24, 2.45) is 0 Å². The third kappa shape index (κ3) is 20.0. The summed E-state index contributed by atoms with van der Waals surface area (Å²) in [6.07, 6.45) is 44.0. The van der Waals surface area contributed by atoms with E-state index in [4.69, 9.17) is 0 Å². The molecular formula is C35H70N2. The Kier molecular flexibility index (Phi) is 25.0. The van der Waals surface area contributed by atoms with Crippen molar-refractivity contribution in [1.29, 1.82) is 0 Å². The van der Waals surface area contributed by atoms with Crippen LogP contribution in [0.2, 0.25) is 0 Å². The largest absolute Gasteiger partial charge is 0.356 e.